The standard InChI is InChI=1S/C21H29N5O9/c22-12(8-11-4-2-1-3-5-11)18(31)24-13(6-7-17(29)30)19(32)26-15(10-27)20(33)25-14(21(34)35)9-16(23)28/h1-5,12-15,27H,6-10,22H2,(H2,23,28)(H,24,31)(H,25,33)(H,26,32)(H,29,30)(H,34,35). The van der Waals surface area contributed by atoms with Gasteiger partial charge in [-0.25, -0.2) is 4.79 Å². The lowest BCUT2D eigenvalue weighted by atomic mass is 10.0. The predicted molar refractivity (Wildman–Crippen MR) is 119 cm³/mol. The number of carboxylic acid groups (broad SMARTS) is 2. The third-order valence-corrected chi connectivity index (χ3v) is 4.75. The summed E-state index contributed by atoms with van der Waals surface area (Å²) >= 11 is 0. The topological polar surface area (TPSA) is 251 Å². The number of aliphatic hydroxyl groups is 1. The van der Waals surface area contributed by atoms with E-state index in [1.807, 2.05) is 5.32 Å². The first-order valence-corrected chi connectivity index (χ1v) is 10.5. The van der Waals surface area contributed by atoms with E-state index in [0.29, 0.717) is 0 Å². The Kier molecular flexibility index (Phi) is 11.8. The molecule has 0 aromatic heterocycles. The van der Waals surface area contributed by atoms with E-state index in [0.717, 1.165) is 5.56 Å². The summed E-state index contributed by atoms with van der Waals surface area (Å²) in [6.45, 7) is -0.965. The monoisotopic (exact) mass is 495 g/mol. The molecule has 0 fully saturated rings. The fraction of sp³-hybridized carbons (Fsp3) is 0.429. The van der Waals surface area contributed by atoms with Gasteiger partial charge in [-0.1, -0.05) is 30.3 Å². The normalized spacial score (nSPS) is 14.0. The smallest absolute Gasteiger partial charge is 0.326 e. The zero-order valence-corrected chi connectivity index (χ0v) is 18.7. The Balaban J connectivity index is 2.88. The van der Waals surface area contributed by atoms with Crippen LogP contribution in [0, 0.1) is 0 Å². The third-order valence-electron chi connectivity index (χ3n) is 4.75. The summed E-state index contributed by atoms with van der Waals surface area (Å²) in [7, 11) is 0. The molecule has 0 bridgehead atoms. The van der Waals surface area contributed by atoms with Crippen molar-refractivity contribution < 1.29 is 44.1 Å². The molecular formula is C21H29N5O9. The lowest BCUT2D eigenvalue weighted by molar-refractivity contribution is -0.144. The second kappa shape index (κ2) is 14.3. The molecule has 192 valence electrons. The Labute approximate surface area is 200 Å². The predicted octanol–water partition coefficient (Wildman–Crippen LogP) is -3.17. The SMILES string of the molecule is NC(=O)CC(NC(=O)C(CO)NC(=O)C(CCC(=O)O)NC(=O)C(N)Cc1ccccc1)C(=O)O. The molecule has 14 heteroatoms. The quantitative estimate of drug-likeness (QED) is 0.121. The van der Waals surface area contributed by atoms with Crippen LogP contribution in [0.15, 0.2) is 30.3 Å². The molecule has 35 heavy (non-hydrogen) atoms. The Morgan fingerprint density at radius 1 is 0.829 bits per heavy atom. The van der Waals surface area contributed by atoms with Crippen molar-refractivity contribution in [1.29, 1.82) is 0 Å². The molecule has 1 aromatic rings. The van der Waals surface area contributed by atoms with E-state index in [9.17, 15) is 33.9 Å². The van der Waals surface area contributed by atoms with Crippen molar-refractivity contribution in [2.45, 2.75) is 49.9 Å². The van der Waals surface area contributed by atoms with Gasteiger partial charge in [0, 0.05) is 6.42 Å². The number of carboxylic acids is 2. The van der Waals surface area contributed by atoms with Crippen molar-refractivity contribution in [3.8, 4) is 0 Å². The molecule has 1 rings (SSSR count). The molecule has 1 aromatic carbocycles. The lowest BCUT2D eigenvalue weighted by Gasteiger charge is -2.24. The van der Waals surface area contributed by atoms with Gasteiger partial charge in [-0.3, -0.25) is 24.0 Å². The summed E-state index contributed by atoms with van der Waals surface area (Å²) in [6.07, 6.45) is -1.46. The van der Waals surface area contributed by atoms with Crippen LogP contribution in [0.3, 0.4) is 0 Å². The van der Waals surface area contributed by atoms with Gasteiger partial charge in [0.2, 0.25) is 23.6 Å². The van der Waals surface area contributed by atoms with Crippen LogP contribution in [-0.2, 0) is 35.2 Å². The first kappa shape index (κ1) is 29.0. The first-order chi connectivity index (χ1) is 16.4. The second-order valence-corrected chi connectivity index (χ2v) is 7.60. The molecule has 0 heterocycles. The maximum Gasteiger partial charge on any atom is 0.326 e. The molecule has 0 saturated heterocycles. The van der Waals surface area contributed by atoms with E-state index in [4.69, 9.17) is 21.7 Å². The van der Waals surface area contributed by atoms with Crippen LogP contribution < -0.4 is 27.4 Å². The molecular weight excluding hydrogens is 466 g/mol. The van der Waals surface area contributed by atoms with Gasteiger partial charge in [-0.15, -0.1) is 0 Å². The molecule has 0 spiro atoms. The number of aliphatic hydroxyl groups excluding tert-OH is 1. The lowest BCUT2D eigenvalue weighted by Crippen LogP contribution is -2.58. The van der Waals surface area contributed by atoms with Gasteiger partial charge in [0.25, 0.3) is 0 Å². The van der Waals surface area contributed by atoms with Gasteiger partial charge >= 0.3 is 11.9 Å². The number of carbonyl (C=O) groups excluding carboxylic acids is 4. The van der Waals surface area contributed by atoms with Crippen LogP contribution in [-0.4, -0.2) is 81.7 Å². The number of rotatable bonds is 15. The Morgan fingerprint density at radius 3 is 1.89 bits per heavy atom. The fourth-order valence-corrected chi connectivity index (χ4v) is 2.92. The third kappa shape index (κ3) is 10.6. The molecule has 10 N–H and O–H groups in total. The zero-order chi connectivity index (χ0) is 26.5. The van der Waals surface area contributed by atoms with Crippen LogP contribution in [0.4, 0.5) is 0 Å². The molecule has 0 saturated carbocycles. The Morgan fingerprint density at radius 2 is 1.37 bits per heavy atom. The minimum Gasteiger partial charge on any atom is -0.481 e. The van der Waals surface area contributed by atoms with Gasteiger partial charge in [0.05, 0.1) is 19.1 Å². The van der Waals surface area contributed by atoms with Crippen molar-refractivity contribution >= 4 is 35.6 Å². The van der Waals surface area contributed by atoms with Gasteiger partial charge in [-0.05, 0) is 18.4 Å². The summed E-state index contributed by atoms with van der Waals surface area (Å²) in [5.74, 6) is -6.74. The van der Waals surface area contributed by atoms with E-state index in [-0.39, 0.29) is 12.8 Å². The minimum absolute atomic E-state index is 0.137. The van der Waals surface area contributed by atoms with Crippen LogP contribution in [0.1, 0.15) is 24.8 Å². The average molecular weight is 495 g/mol. The summed E-state index contributed by atoms with van der Waals surface area (Å²) in [6, 6.07) is 2.90. The van der Waals surface area contributed by atoms with E-state index in [1.54, 1.807) is 30.3 Å². The van der Waals surface area contributed by atoms with Crippen molar-refractivity contribution in [2.24, 2.45) is 11.5 Å². The number of hydrogen-bond acceptors (Lipinski definition) is 8. The molecule has 4 amide bonds. The highest BCUT2D eigenvalue weighted by molar-refractivity contribution is 5.95. The maximum atomic E-state index is 12.7. The summed E-state index contributed by atoms with van der Waals surface area (Å²) in [5.41, 5.74) is 11.6. The Hall–Kier alpha value is -4.04. The minimum atomic E-state index is -1.70. The zero-order valence-electron chi connectivity index (χ0n) is 18.7. The molecule has 0 aliphatic carbocycles. The molecule has 14 nitrogen and oxygen atoms in total. The molecule has 4 unspecified atom stereocenters. The van der Waals surface area contributed by atoms with Gasteiger partial charge in [0.15, 0.2) is 0 Å². The number of benzene rings is 1. The van der Waals surface area contributed by atoms with Crippen LogP contribution in [0.5, 0.6) is 0 Å². The molecule has 4 atom stereocenters. The number of carbonyl (C=O) groups is 6. The van der Waals surface area contributed by atoms with Gasteiger partial charge in [0.1, 0.15) is 18.1 Å². The number of primary amides is 1. The highest BCUT2D eigenvalue weighted by Crippen LogP contribution is 2.05. The van der Waals surface area contributed by atoms with Crippen molar-refractivity contribution in [3.63, 3.8) is 0 Å². The van der Waals surface area contributed by atoms with E-state index >= 15 is 0 Å². The number of hydrogen-bond donors (Lipinski definition) is 8. The second-order valence-electron chi connectivity index (χ2n) is 7.60. The van der Waals surface area contributed by atoms with Crippen molar-refractivity contribution in [3.05, 3.63) is 35.9 Å². The summed E-state index contributed by atoms with van der Waals surface area (Å²) in [4.78, 5) is 70.7. The maximum absolute atomic E-state index is 12.7. The van der Waals surface area contributed by atoms with E-state index in [2.05, 4.69) is 10.6 Å². The summed E-state index contributed by atoms with van der Waals surface area (Å²) in [5, 5.41) is 34.0. The molecule has 0 aliphatic heterocycles. The average Bonchev–Trinajstić information content (AvgIpc) is 2.79. The van der Waals surface area contributed by atoms with E-state index in [1.165, 1.54) is 0 Å². The van der Waals surface area contributed by atoms with Crippen LogP contribution in [0.25, 0.3) is 0 Å². The van der Waals surface area contributed by atoms with Crippen LogP contribution >= 0.6 is 0 Å². The highest BCUT2D eigenvalue weighted by Gasteiger charge is 2.30. The first-order valence-electron chi connectivity index (χ1n) is 10.5. The fourth-order valence-electron chi connectivity index (χ4n) is 2.92. The Bertz CT molecular complexity index is 925. The molecule has 0 aliphatic rings. The number of aliphatic carboxylic acids is 2. The number of nitrogens with one attached hydrogen (secondary N) is 3. The van der Waals surface area contributed by atoms with Gasteiger partial charge in [-0.2, -0.15) is 0 Å². The number of amides is 4. The van der Waals surface area contributed by atoms with Crippen LogP contribution in [0.2, 0.25) is 0 Å². The van der Waals surface area contributed by atoms with Crippen molar-refractivity contribution in [2.75, 3.05) is 6.61 Å². The number of nitrogens with two attached hydrogens (primary N) is 2. The summed E-state index contributed by atoms with van der Waals surface area (Å²) < 4.78 is 0. The largest absolute Gasteiger partial charge is 0.481 e. The van der Waals surface area contributed by atoms with E-state index < -0.39 is 79.2 Å². The van der Waals surface area contributed by atoms with Crippen molar-refractivity contribution in [1.82, 2.24) is 16.0 Å². The highest BCUT2D eigenvalue weighted by atomic mass is 16.4. The molecule has 0 radical (unpaired) electrons. The van der Waals surface area contributed by atoms with Gasteiger partial charge < -0.3 is 42.7 Å².